The van der Waals surface area contributed by atoms with Crippen molar-refractivity contribution in [3.63, 3.8) is 0 Å². The molecular weight excluding hydrogens is 204 g/mol. The van der Waals surface area contributed by atoms with Crippen molar-refractivity contribution >= 4 is 0 Å². The van der Waals surface area contributed by atoms with Crippen LogP contribution in [0.4, 0.5) is 0 Å². The lowest BCUT2D eigenvalue weighted by Crippen LogP contribution is -2.44. The quantitative estimate of drug-likeness (QED) is 0.459. The first-order valence-electron chi connectivity index (χ1n) is 6.26. The molecule has 1 N–H and O–H groups in total. The highest BCUT2D eigenvalue weighted by Gasteiger charge is 2.39. The third kappa shape index (κ3) is 3.44. The van der Waals surface area contributed by atoms with Crippen molar-refractivity contribution in [2.24, 2.45) is 5.41 Å². The fraction of sp³-hybridized carbons (Fsp3) is 1.00. The average molecular weight is 230 g/mol. The fourth-order valence-corrected chi connectivity index (χ4v) is 1.49. The molecule has 16 heavy (non-hydrogen) atoms. The van der Waals surface area contributed by atoms with Gasteiger partial charge in [0.2, 0.25) is 0 Å². The molecule has 0 aliphatic heterocycles. The van der Waals surface area contributed by atoms with E-state index in [-0.39, 0.29) is 5.41 Å². The lowest BCUT2D eigenvalue weighted by atomic mass is 9.79. The van der Waals surface area contributed by atoms with Crippen LogP contribution < -0.4 is 0 Å². The van der Waals surface area contributed by atoms with Crippen LogP contribution in [-0.4, -0.2) is 16.5 Å². The normalized spacial score (nSPS) is 22.1. The van der Waals surface area contributed by atoms with Gasteiger partial charge in [0.05, 0.1) is 0 Å². The first-order valence-corrected chi connectivity index (χ1v) is 6.26. The Bertz CT molecular complexity index is 222. The van der Waals surface area contributed by atoms with E-state index >= 15 is 0 Å². The van der Waals surface area contributed by atoms with Gasteiger partial charge >= 0.3 is 0 Å². The third-order valence-corrected chi connectivity index (χ3v) is 3.85. The van der Waals surface area contributed by atoms with Crippen LogP contribution in [0, 0.1) is 5.41 Å². The summed E-state index contributed by atoms with van der Waals surface area (Å²) in [6, 6.07) is 0. The zero-order chi connectivity index (χ0) is 12.4. The standard InChI is InChI=1S/C13H26O3/c1-11(2,3)12(4,5)15-16-13(14)9-7-6-8-10-13/h14H,6-10H2,1-5H3. The van der Waals surface area contributed by atoms with Crippen LogP contribution in [0.3, 0.4) is 0 Å². The van der Waals surface area contributed by atoms with Gasteiger partial charge in [-0.15, -0.1) is 0 Å². The minimum atomic E-state index is -1.07. The van der Waals surface area contributed by atoms with Gasteiger partial charge in [0.15, 0.2) is 5.79 Å². The second-order valence-electron chi connectivity index (χ2n) is 6.43. The molecule has 0 radical (unpaired) electrons. The largest absolute Gasteiger partial charge is 0.363 e. The van der Waals surface area contributed by atoms with Crippen molar-refractivity contribution in [2.45, 2.75) is 78.1 Å². The Labute approximate surface area is 99.1 Å². The Kier molecular flexibility index (Phi) is 4.04. The first kappa shape index (κ1) is 13.9. The van der Waals surface area contributed by atoms with Crippen LogP contribution in [0.5, 0.6) is 0 Å². The van der Waals surface area contributed by atoms with E-state index in [2.05, 4.69) is 20.8 Å². The summed E-state index contributed by atoms with van der Waals surface area (Å²) in [4.78, 5) is 10.8. The highest BCUT2D eigenvalue weighted by molar-refractivity contribution is 4.83. The predicted molar refractivity (Wildman–Crippen MR) is 63.7 cm³/mol. The van der Waals surface area contributed by atoms with Gasteiger partial charge < -0.3 is 5.11 Å². The third-order valence-electron chi connectivity index (χ3n) is 3.85. The summed E-state index contributed by atoms with van der Waals surface area (Å²) in [5.74, 6) is -1.07. The summed E-state index contributed by atoms with van der Waals surface area (Å²) in [5.41, 5.74) is -0.446. The van der Waals surface area contributed by atoms with Crippen molar-refractivity contribution in [3.05, 3.63) is 0 Å². The molecule has 0 spiro atoms. The molecule has 3 nitrogen and oxygen atoms in total. The lowest BCUT2D eigenvalue weighted by molar-refractivity contribution is -0.470. The van der Waals surface area contributed by atoms with Gasteiger partial charge in [-0.1, -0.05) is 27.2 Å². The van der Waals surface area contributed by atoms with Gasteiger partial charge in [-0.3, -0.25) is 0 Å². The monoisotopic (exact) mass is 230 g/mol. The van der Waals surface area contributed by atoms with Gasteiger partial charge in [0.1, 0.15) is 5.60 Å². The molecule has 0 unspecified atom stereocenters. The summed E-state index contributed by atoms with van der Waals surface area (Å²) in [6.45, 7) is 10.3. The Morgan fingerprint density at radius 1 is 0.938 bits per heavy atom. The van der Waals surface area contributed by atoms with Gasteiger partial charge in [0.25, 0.3) is 0 Å². The van der Waals surface area contributed by atoms with Crippen LogP contribution >= 0.6 is 0 Å². The zero-order valence-corrected chi connectivity index (χ0v) is 11.3. The highest BCUT2D eigenvalue weighted by atomic mass is 17.2. The van der Waals surface area contributed by atoms with E-state index < -0.39 is 11.4 Å². The molecule has 1 aliphatic rings. The summed E-state index contributed by atoms with van der Waals surface area (Å²) in [5, 5.41) is 10.2. The molecule has 0 heterocycles. The molecule has 0 aromatic rings. The zero-order valence-electron chi connectivity index (χ0n) is 11.3. The Hall–Kier alpha value is -0.120. The second-order valence-corrected chi connectivity index (χ2v) is 6.43. The van der Waals surface area contributed by atoms with Gasteiger partial charge in [-0.2, -0.15) is 0 Å². The van der Waals surface area contributed by atoms with E-state index in [0.29, 0.717) is 12.8 Å². The lowest BCUT2D eigenvalue weighted by Gasteiger charge is -2.40. The topological polar surface area (TPSA) is 38.7 Å². The Balaban J connectivity index is 2.50. The second kappa shape index (κ2) is 4.63. The minimum Gasteiger partial charge on any atom is -0.363 e. The number of hydrogen-bond acceptors (Lipinski definition) is 3. The molecule has 3 heteroatoms. The predicted octanol–water partition coefficient (Wildman–Crippen LogP) is 3.41. The van der Waals surface area contributed by atoms with E-state index in [9.17, 15) is 5.11 Å². The Morgan fingerprint density at radius 2 is 1.44 bits per heavy atom. The number of rotatable bonds is 3. The van der Waals surface area contributed by atoms with Crippen LogP contribution in [0.15, 0.2) is 0 Å². The van der Waals surface area contributed by atoms with Crippen LogP contribution in [0.2, 0.25) is 0 Å². The smallest absolute Gasteiger partial charge is 0.199 e. The first-order chi connectivity index (χ1) is 7.16. The number of aliphatic hydroxyl groups is 1. The summed E-state index contributed by atoms with van der Waals surface area (Å²) in [6.07, 6.45) is 4.54. The molecule has 1 saturated carbocycles. The van der Waals surface area contributed by atoms with Gasteiger partial charge in [0, 0.05) is 12.8 Å². The molecule has 0 amide bonds. The average Bonchev–Trinajstić information content (AvgIpc) is 2.15. The van der Waals surface area contributed by atoms with Crippen molar-refractivity contribution in [1.29, 1.82) is 0 Å². The van der Waals surface area contributed by atoms with E-state index in [4.69, 9.17) is 9.78 Å². The van der Waals surface area contributed by atoms with E-state index in [1.807, 2.05) is 13.8 Å². The maximum absolute atomic E-state index is 10.2. The van der Waals surface area contributed by atoms with Gasteiger partial charge in [-0.05, 0) is 32.1 Å². The number of hydrogen-bond donors (Lipinski definition) is 1. The molecule has 96 valence electrons. The van der Waals surface area contributed by atoms with Crippen molar-refractivity contribution < 1.29 is 14.9 Å². The van der Waals surface area contributed by atoms with E-state index in [1.54, 1.807) is 0 Å². The minimum absolute atomic E-state index is 0.0297. The molecule has 0 atom stereocenters. The van der Waals surface area contributed by atoms with Crippen LogP contribution in [0.1, 0.15) is 66.7 Å². The van der Waals surface area contributed by atoms with Crippen molar-refractivity contribution in [2.75, 3.05) is 0 Å². The molecule has 1 rings (SSSR count). The molecule has 1 aliphatic carbocycles. The molecule has 0 saturated heterocycles. The maximum Gasteiger partial charge on any atom is 0.199 e. The summed E-state index contributed by atoms with van der Waals surface area (Å²) in [7, 11) is 0. The molecule has 0 aromatic carbocycles. The molecule has 0 bridgehead atoms. The van der Waals surface area contributed by atoms with Crippen LogP contribution in [0.25, 0.3) is 0 Å². The molecule has 0 aromatic heterocycles. The highest BCUT2D eigenvalue weighted by Crippen LogP contribution is 2.36. The van der Waals surface area contributed by atoms with Crippen molar-refractivity contribution in [3.8, 4) is 0 Å². The van der Waals surface area contributed by atoms with E-state index in [0.717, 1.165) is 12.8 Å². The van der Waals surface area contributed by atoms with Crippen molar-refractivity contribution in [1.82, 2.24) is 0 Å². The SMILES string of the molecule is CC(C)(C)C(C)(C)OOC1(O)CCCCC1. The molecule has 1 fully saturated rings. The van der Waals surface area contributed by atoms with Crippen LogP contribution in [-0.2, 0) is 9.78 Å². The summed E-state index contributed by atoms with van der Waals surface area (Å²) >= 11 is 0. The Morgan fingerprint density at radius 3 is 1.88 bits per heavy atom. The van der Waals surface area contributed by atoms with E-state index in [1.165, 1.54) is 6.42 Å². The fourth-order valence-electron chi connectivity index (χ4n) is 1.49. The van der Waals surface area contributed by atoms with Gasteiger partial charge in [-0.25, -0.2) is 9.78 Å². The molecular formula is C13H26O3. The summed E-state index contributed by atoms with van der Waals surface area (Å²) < 4.78 is 0. The maximum atomic E-state index is 10.2.